The van der Waals surface area contributed by atoms with Crippen LogP contribution in [0.5, 0.6) is 0 Å². The van der Waals surface area contributed by atoms with Gasteiger partial charge in [-0.25, -0.2) is 0 Å². The lowest BCUT2D eigenvalue weighted by Crippen LogP contribution is -2.44. The van der Waals surface area contributed by atoms with Crippen molar-refractivity contribution in [2.75, 3.05) is 39.8 Å². The molecule has 1 aromatic carbocycles. The molecule has 2 N–H and O–H groups in total. The molecule has 0 aromatic heterocycles. The van der Waals surface area contributed by atoms with Crippen molar-refractivity contribution in [2.45, 2.75) is 64.1 Å². The van der Waals surface area contributed by atoms with Crippen molar-refractivity contribution in [2.24, 2.45) is 17.8 Å². The van der Waals surface area contributed by atoms with Gasteiger partial charge in [-0.3, -0.25) is 0 Å². The number of piperazine rings is 1. The minimum atomic E-state index is -0.493. The third kappa shape index (κ3) is 7.02. The van der Waals surface area contributed by atoms with Gasteiger partial charge in [0.1, 0.15) is 0 Å². The summed E-state index contributed by atoms with van der Waals surface area (Å²) in [6, 6.07) is 8.34. The lowest BCUT2D eigenvalue weighted by atomic mass is 9.88. The molecule has 4 nitrogen and oxygen atoms in total. The third-order valence-electron chi connectivity index (χ3n) is 8.10. The number of unbranched alkanes of at least 4 members (excludes halogenated alkanes) is 2. The average Bonchev–Trinajstić information content (AvgIpc) is 3.29. The number of likely N-dealkylation sites (N-methyl/N-ethyl adjacent to an activating group) is 1. The number of rotatable bonds is 10. The van der Waals surface area contributed by atoms with Crippen LogP contribution in [0.25, 0.3) is 0 Å². The van der Waals surface area contributed by atoms with Crippen molar-refractivity contribution in [1.29, 1.82) is 0 Å². The minimum absolute atomic E-state index is 0.174. The van der Waals surface area contributed by atoms with Crippen LogP contribution in [0.4, 0.5) is 0 Å². The lowest BCUT2D eigenvalue weighted by molar-refractivity contribution is 0.140. The normalized spacial score (nSPS) is 29.5. The molecule has 5 atom stereocenters. The van der Waals surface area contributed by atoms with Crippen LogP contribution in [-0.2, 0) is 6.42 Å². The van der Waals surface area contributed by atoms with Crippen molar-refractivity contribution in [3.05, 3.63) is 59.2 Å². The topological polar surface area (TPSA) is 46.9 Å². The van der Waals surface area contributed by atoms with Gasteiger partial charge in [-0.05, 0) is 70.0 Å². The number of benzene rings is 1. The summed E-state index contributed by atoms with van der Waals surface area (Å²) < 4.78 is 0. The van der Waals surface area contributed by atoms with Crippen LogP contribution < -0.4 is 0 Å². The number of aryl methyl sites for hydroxylation is 1. The standard InChI is InChI=1S/C29H44N2O2/c1-22-7-6-9-23(17-22)19-26(32)10-11-27-28-20-24(18-25(28)21-29(27)33)8-4-3-5-12-31-15-13-30(2)14-16-31/h6-7,9-11,17-18,25-29,32-33H,3-5,8,12-16,19-21H2,1-2H3/t25-,26-,27+,28-,29+/m0/s1. The molecule has 1 aliphatic heterocycles. The highest BCUT2D eigenvalue weighted by atomic mass is 16.3. The Morgan fingerprint density at radius 1 is 1.12 bits per heavy atom. The Hall–Kier alpha value is -1.46. The van der Waals surface area contributed by atoms with Gasteiger partial charge in [0, 0.05) is 38.5 Å². The van der Waals surface area contributed by atoms with Gasteiger partial charge < -0.3 is 20.0 Å². The summed E-state index contributed by atoms with van der Waals surface area (Å²) in [4.78, 5) is 5.04. The molecule has 0 unspecified atom stereocenters. The van der Waals surface area contributed by atoms with Crippen LogP contribution in [-0.4, -0.2) is 72.0 Å². The second-order valence-corrected chi connectivity index (χ2v) is 10.8. The van der Waals surface area contributed by atoms with Gasteiger partial charge in [0.05, 0.1) is 12.2 Å². The van der Waals surface area contributed by atoms with E-state index in [2.05, 4.69) is 54.1 Å². The Labute approximate surface area is 201 Å². The van der Waals surface area contributed by atoms with Crippen LogP contribution in [0.15, 0.2) is 48.1 Å². The van der Waals surface area contributed by atoms with Crippen molar-refractivity contribution < 1.29 is 10.2 Å². The minimum Gasteiger partial charge on any atom is -0.392 e. The first-order valence-corrected chi connectivity index (χ1v) is 13.2. The Morgan fingerprint density at radius 3 is 2.73 bits per heavy atom. The van der Waals surface area contributed by atoms with Gasteiger partial charge in [-0.2, -0.15) is 0 Å². The van der Waals surface area contributed by atoms with Crippen LogP contribution in [0.3, 0.4) is 0 Å². The zero-order chi connectivity index (χ0) is 23.2. The second-order valence-electron chi connectivity index (χ2n) is 10.8. The van der Waals surface area contributed by atoms with Gasteiger partial charge in [0.25, 0.3) is 0 Å². The highest BCUT2D eigenvalue weighted by Gasteiger charge is 2.43. The van der Waals surface area contributed by atoms with Gasteiger partial charge in [-0.1, -0.05) is 60.1 Å². The fourth-order valence-electron chi connectivity index (χ4n) is 6.13. The Morgan fingerprint density at radius 2 is 1.94 bits per heavy atom. The highest BCUT2D eigenvalue weighted by molar-refractivity contribution is 5.24. The lowest BCUT2D eigenvalue weighted by Gasteiger charge is -2.32. The van der Waals surface area contributed by atoms with E-state index in [0.717, 1.165) is 18.4 Å². The maximum Gasteiger partial charge on any atom is 0.0761 e. The molecule has 2 fully saturated rings. The number of allylic oxidation sites excluding steroid dienone is 2. The summed E-state index contributed by atoms with van der Waals surface area (Å²) in [7, 11) is 2.22. The average molecular weight is 453 g/mol. The first kappa shape index (κ1) is 24.7. The van der Waals surface area contributed by atoms with E-state index < -0.39 is 6.10 Å². The summed E-state index contributed by atoms with van der Waals surface area (Å²) in [5.41, 5.74) is 3.99. The molecule has 1 saturated heterocycles. The molecule has 1 saturated carbocycles. The third-order valence-corrected chi connectivity index (χ3v) is 8.10. The molecule has 3 aliphatic rings. The summed E-state index contributed by atoms with van der Waals surface area (Å²) >= 11 is 0. The molecular weight excluding hydrogens is 408 g/mol. The Balaban J connectivity index is 1.17. The number of nitrogens with zero attached hydrogens (tertiary/aromatic N) is 2. The van der Waals surface area contributed by atoms with E-state index in [1.54, 1.807) is 5.57 Å². The Bertz CT molecular complexity index is 812. The molecule has 1 aromatic rings. The van der Waals surface area contributed by atoms with Crippen molar-refractivity contribution in [3.63, 3.8) is 0 Å². The second kappa shape index (κ2) is 11.8. The molecule has 1 heterocycles. The molecule has 2 aliphatic carbocycles. The molecule has 0 radical (unpaired) electrons. The summed E-state index contributed by atoms with van der Waals surface area (Å²) in [5.74, 6) is 1.21. The molecule has 0 amide bonds. The zero-order valence-corrected chi connectivity index (χ0v) is 20.7. The number of hydrogen-bond donors (Lipinski definition) is 2. The van der Waals surface area contributed by atoms with E-state index in [4.69, 9.17) is 0 Å². The SMILES string of the molecule is Cc1cccc(C[C@@H](O)C=C[C@@H]2[C@H]3CC(CCCCCN4CCN(C)CC4)=C[C@H]3C[C@H]2O)c1. The monoisotopic (exact) mass is 452 g/mol. The first-order chi connectivity index (χ1) is 16.0. The molecule has 33 heavy (non-hydrogen) atoms. The van der Waals surface area contributed by atoms with Crippen LogP contribution in [0.2, 0.25) is 0 Å². The molecule has 4 rings (SSSR count). The van der Waals surface area contributed by atoms with E-state index in [-0.39, 0.29) is 12.0 Å². The van der Waals surface area contributed by atoms with Crippen molar-refractivity contribution >= 4 is 0 Å². The number of aliphatic hydroxyl groups is 2. The predicted octanol–water partition coefficient (Wildman–Crippen LogP) is 4.21. The van der Waals surface area contributed by atoms with E-state index in [1.165, 1.54) is 64.0 Å². The number of aliphatic hydroxyl groups excluding tert-OH is 2. The molecule has 0 bridgehead atoms. The van der Waals surface area contributed by atoms with Crippen LogP contribution in [0, 0.1) is 24.7 Å². The van der Waals surface area contributed by atoms with Crippen LogP contribution in [0.1, 0.15) is 49.7 Å². The smallest absolute Gasteiger partial charge is 0.0761 e. The summed E-state index contributed by atoms with van der Waals surface area (Å²) in [6.45, 7) is 8.20. The quantitative estimate of drug-likeness (QED) is 0.412. The maximum absolute atomic E-state index is 10.6. The largest absolute Gasteiger partial charge is 0.392 e. The predicted molar refractivity (Wildman–Crippen MR) is 136 cm³/mol. The van der Waals surface area contributed by atoms with Gasteiger partial charge >= 0.3 is 0 Å². The van der Waals surface area contributed by atoms with Gasteiger partial charge in [0.15, 0.2) is 0 Å². The Kier molecular flexibility index (Phi) is 8.81. The number of hydrogen-bond acceptors (Lipinski definition) is 4. The van der Waals surface area contributed by atoms with Crippen molar-refractivity contribution in [3.8, 4) is 0 Å². The van der Waals surface area contributed by atoms with E-state index >= 15 is 0 Å². The first-order valence-electron chi connectivity index (χ1n) is 13.2. The van der Waals surface area contributed by atoms with E-state index in [0.29, 0.717) is 18.3 Å². The number of fused-ring (bicyclic) bond motifs is 1. The molecule has 182 valence electrons. The molecule has 0 spiro atoms. The van der Waals surface area contributed by atoms with E-state index in [9.17, 15) is 10.2 Å². The molecule has 4 heteroatoms. The summed E-state index contributed by atoms with van der Waals surface area (Å²) in [6.07, 6.45) is 13.5. The zero-order valence-electron chi connectivity index (χ0n) is 20.7. The maximum atomic E-state index is 10.6. The van der Waals surface area contributed by atoms with E-state index in [1.807, 2.05) is 12.1 Å². The fraction of sp³-hybridized carbons (Fsp3) is 0.655. The van der Waals surface area contributed by atoms with Crippen LogP contribution >= 0.6 is 0 Å². The fourth-order valence-corrected chi connectivity index (χ4v) is 6.13. The van der Waals surface area contributed by atoms with Gasteiger partial charge in [0.2, 0.25) is 0 Å². The summed E-state index contributed by atoms with van der Waals surface area (Å²) in [5, 5.41) is 21.2. The van der Waals surface area contributed by atoms with Gasteiger partial charge in [-0.15, -0.1) is 0 Å². The molecular formula is C29H44N2O2. The van der Waals surface area contributed by atoms with Crippen molar-refractivity contribution in [1.82, 2.24) is 9.80 Å². The highest BCUT2D eigenvalue weighted by Crippen LogP contribution is 2.48.